The zero-order chi connectivity index (χ0) is 14.7. The van der Waals surface area contributed by atoms with Gasteiger partial charge in [0.1, 0.15) is 12.2 Å². The number of aromatic nitrogens is 3. The van der Waals surface area contributed by atoms with E-state index in [9.17, 15) is 9.00 Å². The van der Waals surface area contributed by atoms with E-state index in [1.807, 2.05) is 13.8 Å². The molecule has 1 unspecified atom stereocenters. The van der Waals surface area contributed by atoms with Crippen molar-refractivity contribution in [3.05, 3.63) is 42.0 Å². The molecule has 0 aliphatic carbocycles. The van der Waals surface area contributed by atoms with Gasteiger partial charge in [0.2, 0.25) is 0 Å². The number of aromatic carboxylic acids is 1. The summed E-state index contributed by atoms with van der Waals surface area (Å²) in [5.74, 6) is -0.0903. The summed E-state index contributed by atoms with van der Waals surface area (Å²) in [7, 11) is -1.28. The molecule has 1 heterocycles. The maximum Gasteiger partial charge on any atom is 0.335 e. The second-order valence-electron chi connectivity index (χ2n) is 4.53. The van der Waals surface area contributed by atoms with Gasteiger partial charge in [-0.15, -0.1) is 0 Å². The Labute approximate surface area is 118 Å². The van der Waals surface area contributed by atoms with Crippen LogP contribution in [0.3, 0.4) is 0 Å². The Morgan fingerprint density at radius 3 is 2.55 bits per heavy atom. The summed E-state index contributed by atoms with van der Waals surface area (Å²) in [5, 5.41) is 12.9. The van der Waals surface area contributed by atoms with Gasteiger partial charge in [-0.3, -0.25) is 4.21 Å². The summed E-state index contributed by atoms with van der Waals surface area (Å²) in [6.45, 7) is 3.95. The van der Waals surface area contributed by atoms with Crippen molar-refractivity contribution in [2.24, 2.45) is 0 Å². The van der Waals surface area contributed by atoms with Crippen LogP contribution in [0.4, 0.5) is 0 Å². The Bertz CT molecular complexity index is 635. The molecule has 2 aromatic rings. The molecule has 0 amide bonds. The van der Waals surface area contributed by atoms with Gasteiger partial charge in [-0.1, -0.05) is 0 Å². The van der Waals surface area contributed by atoms with Crippen molar-refractivity contribution in [1.82, 2.24) is 14.8 Å². The number of carbonyl (C=O) groups is 1. The van der Waals surface area contributed by atoms with Crippen LogP contribution >= 0.6 is 0 Å². The van der Waals surface area contributed by atoms with Crippen LogP contribution in [-0.2, 0) is 16.6 Å². The Balaban J connectivity index is 2.15. The van der Waals surface area contributed by atoms with Crippen LogP contribution in [-0.4, -0.2) is 30.0 Å². The van der Waals surface area contributed by atoms with Crippen molar-refractivity contribution in [3.8, 4) is 0 Å². The summed E-state index contributed by atoms with van der Waals surface area (Å²) in [6.07, 6.45) is 1.44. The minimum Gasteiger partial charge on any atom is -0.478 e. The predicted molar refractivity (Wildman–Crippen MR) is 73.9 cm³/mol. The molecule has 0 aliphatic rings. The minimum absolute atomic E-state index is 0.152. The molecule has 1 aromatic carbocycles. The molecular weight excluding hydrogens is 278 g/mol. The lowest BCUT2D eigenvalue weighted by Crippen LogP contribution is -2.10. The zero-order valence-corrected chi connectivity index (χ0v) is 12.0. The van der Waals surface area contributed by atoms with E-state index in [4.69, 9.17) is 5.11 Å². The Hall–Kier alpha value is -2.02. The molecule has 106 valence electrons. The molecule has 0 aliphatic heterocycles. The third kappa shape index (κ3) is 3.11. The summed E-state index contributed by atoms with van der Waals surface area (Å²) in [4.78, 5) is 15.5. The Morgan fingerprint density at radius 2 is 2.00 bits per heavy atom. The highest BCUT2D eigenvalue weighted by molar-refractivity contribution is 7.84. The van der Waals surface area contributed by atoms with E-state index in [1.165, 1.54) is 18.5 Å². The van der Waals surface area contributed by atoms with Gasteiger partial charge in [0, 0.05) is 10.9 Å². The first-order chi connectivity index (χ1) is 9.49. The second kappa shape index (κ2) is 5.96. The number of rotatable bonds is 5. The van der Waals surface area contributed by atoms with Crippen molar-refractivity contribution in [3.63, 3.8) is 0 Å². The van der Waals surface area contributed by atoms with E-state index < -0.39 is 16.8 Å². The van der Waals surface area contributed by atoms with Gasteiger partial charge in [0.25, 0.3) is 0 Å². The molecule has 0 saturated heterocycles. The standard InChI is InChI=1S/C13H15N3O3S/c1-9(2)16-12(14-8-15-16)7-20(19)11-5-3-10(4-6-11)13(17)18/h3-6,8-9H,7H2,1-2H3,(H,17,18). The van der Waals surface area contributed by atoms with E-state index >= 15 is 0 Å². The molecule has 1 atom stereocenters. The van der Waals surface area contributed by atoms with Crippen LogP contribution in [0.2, 0.25) is 0 Å². The summed E-state index contributed by atoms with van der Waals surface area (Å²) >= 11 is 0. The molecule has 6 nitrogen and oxygen atoms in total. The maximum absolute atomic E-state index is 12.3. The van der Waals surface area contributed by atoms with E-state index in [-0.39, 0.29) is 17.4 Å². The summed E-state index contributed by atoms with van der Waals surface area (Å²) < 4.78 is 14.0. The smallest absolute Gasteiger partial charge is 0.335 e. The number of carboxylic acids is 1. The SMILES string of the molecule is CC(C)n1ncnc1CS(=O)c1ccc(C(=O)O)cc1. The highest BCUT2D eigenvalue weighted by Gasteiger charge is 2.13. The first-order valence-corrected chi connectivity index (χ1v) is 7.41. The van der Waals surface area contributed by atoms with Crippen LogP contribution in [0, 0.1) is 0 Å². The van der Waals surface area contributed by atoms with Gasteiger partial charge >= 0.3 is 5.97 Å². The lowest BCUT2D eigenvalue weighted by molar-refractivity contribution is 0.0697. The lowest BCUT2D eigenvalue weighted by atomic mass is 10.2. The largest absolute Gasteiger partial charge is 0.478 e. The van der Waals surface area contributed by atoms with Gasteiger partial charge < -0.3 is 5.11 Å². The zero-order valence-electron chi connectivity index (χ0n) is 11.2. The highest BCUT2D eigenvalue weighted by atomic mass is 32.2. The number of hydrogen-bond acceptors (Lipinski definition) is 4. The molecule has 0 bridgehead atoms. The van der Waals surface area contributed by atoms with Crippen LogP contribution in [0.25, 0.3) is 0 Å². The topological polar surface area (TPSA) is 85.1 Å². The molecule has 0 saturated carbocycles. The lowest BCUT2D eigenvalue weighted by Gasteiger charge is -2.09. The van der Waals surface area contributed by atoms with E-state index in [2.05, 4.69) is 10.1 Å². The van der Waals surface area contributed by atoms with Gasteiger partial charge in [0.15, 0.2) is 0 Å². The predicted octanol–water partition coefficient (Wildman–Crippen LogP) is 1.87. The fourth-order valence-electron chi connectivity index (χ4n) is 1.76. The average Bonchev–Trinajstić information content (AvgIpc) is 2.87. The summed E-state index contributed by atoms with van der Waals surface area (Å²) in [5.41, 5.74) is 0.177. The summed E-state index contributed by atoms with van der Waals surface area (Å²) in [6, 6.07) is 6.18. The molecule has 1 aromatic heterocycles. The van der Waals surface area contributed by atoms with E-state index in [0.717, 1.165) is 0 Å². The van der Waals surface area contributed by atoms with Gasteiger partial charge in [-0.05, 0) is 38.1 Å². The van der Waals surface area contributed by atoms with Gasteiger partial charge in [-0.2, -0.15) is 5.10 Å². The number of carboxylic acid groups (broad SMARTS) is 1. The van der Waals surface area contributed by atoms with Crippen molar-refractivity contribution in [2.45, 2.75) is 30.5 Å². The molecule has 1 N–H and O–H groups in total. The molecule has 2 rings (SSSR count). The van der Waals surface area contributed by atoms with Crippen LogP contribution in [0.15, 0.2) is 35.5 Å². The fourth-order valence-corrected chi connectivity index (χ4v) is 2.81. The molecule has 0 fully saturated rings. The van der Waals surface area contributed by atoms with E-state index in [0.29, 0.717) is 10.7 Å². The normalized spacial score (nSPS) is 12.6. The van der Waals surface area contributed by atoms with Crippen molar-refractivity contribution >= 4 is 16.8 Å². The van der Waals surface area contributed by atoms with Crippen LogP contribution in [0.5, 0.6) is 0 Å². The molecule has 7 heteroatoms. The number of hydrogen-bond donors (Lipinski definition) is 1. The van der Waals surface area contributed by atoms with Crippen LogP contribution < -0.4 is 0 Å². The van der Waals surface area contributed by atoms with Crippen molar-refractivity contribution < 1.29 is 14.1 Å². The third-order valence-corrected chi connectivity index (χ3v) is 4.08. The highest BCUT2D eigenvalue weighted by Crippen LogP contribution is 2.14. The maximum atomic E-state index is 12.3. The van der Waals surface area contributed by atoms with Gasteiger partial charge in [-0.25, -0.2) is 14.5 Å². The number of benzene rings is 1. The monoisotopic (exact) mass is 293 g/mol. The third-order valence-electron chi connectivity index (χ3n) is 2.76. The van der Waals surface area contributed by atoms with Crippen LogP contribution in [0.1, 0.15) is 36.1 Å². The number of nitrogens with zero attached hydrogens (tertiary/aromatic N) is 3. The van der Waals surface area contributed by atoms with Crippen molar-refractivity contribution in [2.75, 3.05) is 0 Å². The second-order valence-corrected chi connectivity index (χ2v) is 5.99. The molecular formula is C13H15N3O3S. The Morgan fingerprint density at radius 1 is 1.35 bits per heavy atom. The molecule has 0 spiro atoms. The van der Waals surface area contributed by atoms with E-state index in [1.54, 1.807) is 16.8 Å². The average molecular weight is 293 g/mol. The first-order valence-electron chi connectivity index (χ1n) is 6.09. The molecule has 0 radical (unpaired) electrons. The minimum atomic E-state index is -1.28. The fraction of sp³-hybridized carbons (Fsp3) is 0.308. The van der Waals surface area contributed by atoms with Crippen molar-refractivity contribution in [1.29, 1.82) is 0 Å². The Kier molecular flexibility index (Phi) is 4.29. The quantitative estimate of drug-likeness (QED) is 0.909. The first kappa shape index (κ1) is 14.4. The molecule has 20 heavy (non-hydrogen) atoms. The van der Waals surface area contributed by atoms with Gasteiger partial charge in [0.05, 0.1) is 22.1 Å².